The zero-order valence-corrected chi connectivity index (χ0v) is 14.3. The van der Waals surface area contributed by atoms with E-state index in [1.807, 2.05) is 18.2 Å². The molecule has 0 aromatic heterocycles. The number of rotatable bonds is 3. The van der Waals surface area contributed by atoms with Crippen LogP contribution >= 0.6 is 11.6 Å². The van der Waals surface area contributed by atoms with Gasteiger partial charge in [-0.2, -0.15) is 0 Å². The van der Waals surface area contributed by atoms with E-state index in [1.54, 1.807) is 0 Å². The Labute approximate surface area is 146 Å². The van der Waals surface area contributed by atoms with Gasteiger partial charge < -0.3 is 15.5 Å². The average Bonchev–Trinajstić information content (AvgIpc) is 3.25. The van der Waals surface area contributed by atoms with Crippen LogP contribution in [-0.4, -0.2) is 43.8 Å². The van der Waals surface area contributed by atoms with Crippen molar-refractivity contribution in [1.82, 2.24) is 10.6 Å². The Kier molecular flexibility index (Phi) is 4.39. The van der Waals surface area contributed by atoms with Crippen LogP contribution in [0.3, 0.4) is 0 Å². The first-order valence-electron chi connectivity index (χ1n) is 8.79. The lowest BCUT2D eigenvalue weighted by atomic mass is 9.97. The maximum Gasteiger partial charge on any atom is 0.237 e. The number of hydrogen-bond donors (Lipinski definition) is 2. The molecule has 1 amide bonds. The molecule has 1 aromatic carbocycles. The van der Waals surface area contributed by atoms with Crippen LogP contribution < -0.4 is 15.5 Å². The SMILES string of the molecule is O=C(N[C@H]1CC[C@@H]2CN(c3ccccc3Cl)C[C@@H]21)[C@@H]1CC(F)CN1. The summed E-state index contributed by atoms with van der Waals surface area (Å²) in [5, 5.41) is 6.92. The summed E-state index contributed by atoms with van der Waals surface area (Å²) in [5.74, 6) is 1.00. The van der Waals surface area contributed by atoms with Gasteiger partial charge in [-0.15, -0.1) is 0 Å². The second-order valence-electron chi connectivity index (χ2n) is 7.27. The smallest absolute Gasteiger partial charge is 0.237 e. The highest BCUT2D eigenvalue weighted by molar-refractivity contribution is 6.33. The number of carbonyl (C=O) groups excluding carboxylic acids is 1. The molecule has 6 heteroatoms. The minimum absolute atomic E-state index is 0.0445. The molecule has 2 saturated heterocycles. The van der Waals surface area contributed by atoms with Gasteiger partial charge in [0.25, 0.3) is 0 Å². The van der Waals surface area contributed by atoms with Gasteiger partial charge in [-0.25, -0.2) is 4.39 Å². The summed E-state index contributed by atoms with van der Waals surface area (Å²) < 4.78 is 13.3. The summed E-state index contributed by atoms with van der Waals surface area (Å²) in [6.45, 7) is 2.20. The minimum Gasteiger partial charge on any atom is -0.370 e. The summed E-state index contributed by atoms with van der Waals surface area (Å²) in [6, 6.07) is 7.74. The molecule has 2 heterocycles. The van der Waals surface area contributed by atoms with E-state index < -0.39 is 6.17 Å². The Bertz CT molecular complexity index is 628. The zero-order valence-electron chi connectivity index (χ0n) is 13.6. The van der Waals surface area contributed by atoms with Crippen molar-refractivity contribution in [3.63, 3.8) is 0 Å². The highest BCUT2D eigenvalue weighted by Gasteiger charge is 2.44. The molecule has 1 aromatic rings. The summed E-state index contributed by atoms with van der Waals surface area (Å²) in [4.78, 5) is 14.7. The van der Waals surface area contributed by atoms with Gasteiger partial charge in [0, 0.05) is 38.0 Å². The minimum atomic E-state index is -0.903. The number of benzene rings is 1. The molecule has 4 rings (SSSR count). The number of para-hydroxylation sites is 1. The summed E-state index contributed by atoms with van der Waals surface area (Å²) in [6.07, 6.45) is 1.53. The zero-order chi connectivity index (χ0) is 16.7. The topological polar surface area (TPSA) is 44.4 Å². The van der Waals surface area contributed by atoms with Crippen molar-refractivity contribution in [3.05, 3.63) is 29.3 Å². The van der Waals surface area contributed by atoms with E-state index in [0.717, 1.165) is 36.6 Å². The lowest BCUT2D eigenvalue weighted by molar-refractivity contribution is -0.123. The maximum atomic E-state index is 13.3. The molecule has 3 fully saturated rings. The Morgan fingerprint density at radius 1 is 1.29 bits per heavy atom. The Morgan fingerprint density at radius 3 is 2.88 bits per heavy atom. The Hall–Kier alpha value is -1.33. The molecular formula is C18H23ClFN3O. The predicted molar refractivity (Wildman–Crippen MR) is 93.1 cm³/mol. The van der Waals surface area contributed by atoms with Gasteiger partial charge in [-0.3, -0.25) is 4.79 Å². The lowest BCUT2D eigenvalue weighted by Crippen LogP contribution is -2.47. The molecule has 0 spiro atoms. The number of alkyl halides is 1. The maximum absolute atomic E-state index is 13.3. The van der Waals surface area contributed by atoms with E-state index >= 15 is 0 Å². The van der Waals surface area contributed by atoms with Gasteiger partial charge in [0.05, 0.1) is 16.8 Å². The predicted octanol–water partition coefficient (Wildman–Crippen LogP) is 2.37. The average molecular weight is 352 g/mol. The van der Waals surface area contributed by atoms with E-state index in [-0.39, 0.29) is 24.5 Å². The van der Waals surface area contributed by atoms with Crippen molar-refractivity contribution in [2.75, 3.05) is 24.5 Å². The van der Waals surface area contributed by atoms with Crippen LogP contribution in [0.1, 0.15) is 19.3 Å². The fourth-order valence-electron chi connectivity index (χ4n) is 4.53. The molecular weight excluding hydrogens is 329 g/mol. The largest absolute Gasteiger partial charge is 0.370 e. The number of amides is 1. The van der Waals surface area contributed by atoms with Crippen LogP contribution in [-0.2, 0) is 4.79 Å². The van der Waals surface area contributed by atoms with Gasteiger partial charge in [0.2, 0.25) is 5.91 Å². The number of fused-ring (bicyclic) bond motifs is 1. The van der Waals surface area contributed by atoms with Gasteiger partial charge in [0.1, 0.15) is 6.17 Å². The second-order valence-corrected chi connectivity index (χ2v) is 7.67. The number of hydrogen-bond acceptors (Lipinski definition) is 3. The van der Waals surface area contributed by atoms with Crippen molar-refractivity contribution in [2.24, 2.45) is 11.8 Å². The molecule has 1 aliphatic carbocycles. The molecule has 1 unspecified atom stereocenters. The van der Waals surface area contributed by atoms with Crippen molar-refractivity contribution in [1.29, 1.82) is 0 Å². The summed E-state index contributed by atoms with van der Waals surface area (Å²) in [7, 11) is 0. The summed E-state index contributed by atoms with van der Waals surface area (Å²) in [5.41, 5.74) is 1.08. The molecule has 2 N–H and O–H groups in total. The number of nitrogens with zero attached hydrogens (tertiary/aromatic N) is 1. The normalized spacial score (nSPS) is 35.2. The number of carbonyl (C=O) groups is 1. The molecule has 3 aliphatic rings. The first-order chi connectivity index (χ1) is 11.6. The van der Waals surface area contributed by atoms with Crippen LogP contribution in [0.4, 0.5) is 10.1 Å². The number of nitrogens with one attached hydrogen (secondary N) is 2. The monoisotopic (exact) mass is 351 g/mol. The van der Waals surface area contributed by atoms with Gasteiger partial charge in [-0.1, -0.05) is 23.7 Å². The fraction of sp³-hybridized carbons (Fsp3) is 0.611. The summed E-state index contributed by atoms with van der Waals surface area (Å²) >= 11 is 6.33. The molecule has 0 bridgehead atoms. The molecule has 130 valence electrons. The van der Waals surface area contributed by atoms with Gasteiger partial charge in [0.15, 0.2) is 0 Å². The fourth-order valence-corrected chi connectivity index (χ4v) is 4.78. The number of halogens is 2. The first-order valence-corrected chi connectivity index (χ1v) is 9.17. The van der Waals surface area contributed by atoms with Crippen molar-refractivity contribution < 1.29 is 9.18 Å². The van der Waals surface area contributed by atoms with Crippen LogP contribution in [0.15, 0.2) is 24.3 Å². The quantitative estimate of drug-likeness (QED) is 0.878. The highest BCUT2D eigenvalue weighted by atomic mass is 35.5. The first kappa shape index (κ1) is 16.2. The molecule has 24 heavy (non-hydrogen) atoms. The third-order valence-electron chi connectivity index (χ3n) is 5.77. The highest BCUT2D eigenvalue weighted by Crippen LogP contribution is 2.41. The van der Waals surface area contributed by atoms with Crippen molar-refractivity contribution in [2.45, 2.75) is 37.5 Å². The molecule has 1 saturated carbocycles. The Balaban J connectivity index is 1.40. The molecule has 2 aliphatic heterocycles. The number of anilines is 1. The van der Waals surface area contributed by atoms with E-state index in [9.17, 15) is 9.18 Å². The van der Waals surface area contributed by atoms with Crippen LogP contribution in [0, 0.1) is 11.8 Å². The standard InChI is InChI=1S/C18H23ClFN3O/c19-14-3-1-2-4-17(14)23-9-11-5-6-15(13(11)10-23)22-18(24)16-7-12(20)8-21-16/h1-4,11-13,15-16,21H,5-10H2,(H,22,24)/t11-,12?,13+,15+,16+/m1/s1. The van der Waals surface area contributed by atoms with Crippen LogP contribution in [0.2, 0.25) is 5.02 Å². The van der Waals surface area contributed by atoms with Crippen LogP contribution in [0.25, 0.3) is 0 Å². The van der Waals surface area contributed by atoms with Crippen molar-refractivity contribution in [3.8, 4) is 0 Å². The Morgan fingerprint density at radius 2 is 2.12 bits per heavy atom. The van der Waals surface area contributed by atoms with E-state index in [0.29, 0.717) is 18.3 Å². The molecule has 5 atom stereocenters. The third kappa shape index (κ3) is 3.00. The van der Waals surface area contributed by atoms with Crippen LogP contribution in [0.5, 0.6) is 0 Å². The van der Waals surface area contributed by atoms with E-state index in [4.69, 9.17) is 11.6 Å². The van der Waals surface area contributed by atoms with E-state index in [2.05, 4.69) is 21.6 Å². The van der Waals surface area contributed by atoms with Gasteiger partial charge >= 0.3 is 0 Å². The lowest BCUT2D eigenvalue weighted by Gasteiger charge is -2.24. The second kappa shape index (κ2) is 6.52. The third-order valence-corrected chi connectivity index (χ3v) is 6.09. The van der Waals surface area contributed by atoms with E-state index in [1.165, 1.54) is 0 Å². The molecule has 4 nitrogen and oxygen atoms in total. The molecule has 0 radical (unpaired) electrons. The van der Waals surface area contributed by atoms with Gasteiger partial charge in [-0.05, 0) is 30.9 Å². The van der Waals surface area contributed by atoms with Crippen molar-refractivity contribution >= 4 is 23.2 Å².